The van der Waals surface area contributed by atoms with Crippen molar-refractivity contribution in [3.8, 4) is 5.88 Å². The lowest BCUT2D eigenvalue weighted by Gasteiger charge is -2.20. The standard InChI is InChI=1S/C21H35N5O/c1-22-21(24-10-6-14-26-12-4-2-3-5-13-26)25-16-19-9-11-23-20(15-19)27-17-18-7-8-18/h9,11,15,18H,2-8,10,12-14,16-17H2,1H3,(H2,22,24,25). The summed E-state index contributed by atoms with van der Waals surface area (Å²) in [6, 6.07) is 4.03. The van der Waals surface area contributed by atoms with Crippen molar-refractivity contribution in [3.05, 3.63) is 23.9 Å². The van der Waals surface area contributed by atoms with Crippen molar-refractivity contribution in [2.75, 3.05) is 39.8 Å². The van der Waals surface area contributed by atoms with Crippen LogP contribution in [0.4, 0.5) is 0 Å². The molecule has 0 unspecified atom stereocenters. The summed E-state index contributed by atoms with van der Waals surface area (Å²) in [6.45, 7) is 6.16. The van der Waals surface area contributed by atoms with Gasteiger partial charge in [-0.1, -0.05) is 12.8 Å². The Morgan fingerprint density at radius 1 is 1.22 bits per heavy atom. The first kappa shape index (κ1) is 19.9. The molecule has 2 aliphatic rings. The molecule has 2 heterocycles. The Hall–Kier alpha value is -1.82. The Morgan fingerprint density at radius 2 is 2.04 bits per heavy atom. The van der Waals surface area contributed by atoms with Gasteiger partial charge in [0.05, 0.1) is 6.61 Å². The zero-order valence-electron chi connectivity index (χ0n) is 16.8. The minimum atomic E-state index is 0.716. The Balaban J connectivity index is 1.33. The number of guanidine groups is 1. The number of hydrogen-bond donors (Lipinski definition) is 2. The topological polar surface area (TPSA) is 61.8 Å². The van der Waals surface area contributed by atoms with Crippen molar-refractivity contribution in [1.82, 2.24) is 20.5 Å². The Labute approximate surface area is 163 Å². The fourth-order valence-corrected chi connectivity index (χ4v) is 3.40. The average Bonchev–Trinajstić information content (AvgIpc) is 3.54. The van der Waals surface area contributed by atoms with Crippen LogP contribution in [0.5, 0.6) is 5.88 Å². The highest BCUT2D eigenvalue weighted by molar-refractivity contribution is 5.79. The highest BCUT2D eigenvalue weighted by Gasteiger charge is 2.22. The molecule has 3 rings (SSSR count). The normalized spacial score (nSPS) is 18.8. The van der Waals surface area contributed by atoms with Crippen molar-refractivity contribution in [2.45, 2.75) is 51.5 Å². The first-order chi connectivity index (χ1) is 13.3. The van der Waals surface area contributed by atoms with E-state index in [1.165, 1.54) is 58.2 Å². The fourth-order valence-electron chi connectivity index (χ4n) is 3.40. The van der Waals surface area contributed by atoms with E-state index in [1.807, 2.05) is 25.4 Å². The van der Waals surface area contributed by atoms with Crippen molar-refractivity contribution in [3.63, 3.8) is 0 Å². The second-order valence-corrected chi connectivity index (χ2v) is 7.72. The van der Waals surface area contributed by atoms with Crippen LogP contribution in [0.1, 0.15) is 50.5 Å². The largest absolute Gasteiger partial charge is 0.477 e. The van der Waals surface area contributed by atoms with E-state index in [-0.39, 0.29) is 0 Å². The quantitative estimate of drug-likeness (QED) is 0.396. The zero-order chi connectivity index (χ0) is 18.7. The van der Waals surface area contributed by atoms with E-state index in [2.05, 4.69) is 25.5 Å². The van der Waals surface area contributed by atoms with Gasteiger partial charge in [-0.15, -0.1) is 0 Å². The third kappa shape index (κ3) is 7.75. The maximum absolute atomic E-state index is 5.76. The van der Waals surface area contributed by atoms with Crippen LogP contribution in [-0.4, -0.2) is 55.7 Å². The molecule has 27 heavy (non-hydrogen) atoms. The third-order valence-electron chi connectivity index (χ3n) is 5.29. The number of pyridine rings is 1. The van der Waals surface area contributed by atoms with Crippen molar-refractivity contribution in [1.29, 1.82) is 0 Å². The lowest BCUT2D eigenvalue weighted by molar-refractivity contribution is 0.282. The van der Waals surface area contributed by atoms with Gasteiger partial charge in [-0.2, -0.15) is 0 Å². The lowest BCUT2D eigenvalue weighted by atomic mass is 10.2. The van der Waals surface area contributed by atoms with Crippen molar-refractivity contribution < 1.29 is 4.74 Å². The van der Waals surface area contributed by atoms with E-state index in [1.54, 1.807) is 0 Å². The number of hydrogen-bond acceptors (Lipinski definition) is 4. The maximum Gasteiger partial charge on any atom is 0.213 e. The van der Waals surface area contributed by atoms with Crippen LogP contribution in [0.15, 0.2) is 23.3 Å². The molecule has 0 atom stereocenters. The smallest absolute Gasteiger partial charge is 0.213 e. The van der Waals surface area contributed by atoms with E-state index in [9.17, 15) is 0 Å². The molecule has 6 heteroatoms. The van der Waals surface area contributed by atoms with E-state index < -0.39 is 0 Å². The SMILES string of the molecule is CN=C(NCCCN1CCCCCC1)NCc1ccnc(OCC2CC2)c1. The molecule has 2 fully saturated rings. The van der Waals surface area contributed by atoms with Gasteiger partial charge in [0, 0.05) is 32.4 Å². The summed E-state index contributed by atoms with van der Waals surface area (Å²) in [5, 5.41) is 6.80. The minimum absolute atomic E-state index is 0.716. The maximum atomic E-state index is 5.76. The second kappa shape index (κ2) is 11.1. The molecule has 1 aliphatic carbocycles. The third-order valence-corrected chi connectivity index (χ3v) is 5.29. The molecule has 150 valence electrons. The van der Waals surface area contributed by atoms with Crippen LogP contribution in [0, 0.1) is 5.92 Å². The Bertz CT molecular complexity index is 580. The summed E-state index contributed by atoms with van der Waals surface area (Å²) in [6.07, 6.45) is 11.1. The fraction of sp³-hybridized carbons (Fsp3) is 0.714. The highest BCUT2D eigenvalue weighted by atomic mass is 16.5. The summed E-state index contributed by atoms with van der Waals surface area (Å²) < 4.78 is 5.76. The van der Waals surface area contributed by atoms with Gasteiger partial charge in [0.15, 0.2) is 5.96 Å². The van der Waals surface area contributed by atoms with Crippen LogP contribution in [0.3, 0.4) is 0 Å². The van der Waals surface area contributed by atoms with E-state index >= 15 is 0 Å². The van der Waals surface area contributed by atoms with Gasteiger partial charge < -0.3 is 20.3 Å². The number of nitrogens with zero attached hydrogens (tertiary/aromatic N) is 3. The predicted octanol–water partition coefficient (Wildman–Crippen LogP) is 2.80. The number of likely N-dealkylation sites (tertiary alicyclic amines) is 1. The highest BCUT2D eigenvalue weighted by Crippen LogP contribution is 2.29. The molecule has 1 saturated carbocycles. The molecule has 0 radical (unpaired) electrons. The second-order valence-electron chi connectivity index (χ2n) is 7.72. The van der Waals surface area contributed by atoms with E-state index in [0.717, 1.165) is 42.9 Å². The number of rotatable bonds is 9. The zero-order valence-corrected chi connectivity index (χ0v) is 16.8. The molecule has 1 aliphatic heterocycles. The molecule has 1 saturated heterocycles. The van der Waals surface area contributed by atoms with Crippen LogP contribution in [0.2, 0.25) is 0 Å². The van der Waals surface area contributed by atoms with Gasteiger partial charge in [-0.25, -0.2) is 4.98 Å². The molecule has 0 amide bonds. The minimum Gasteiger partial charge on any atom is -0.477 e. The van der Waals surface area contributed by atoms with Crippen LogP contribution >= 0.6 is 0 Å². The van der Waals surface area contributed by atoms with E-state index in [4.69, 9.17) is 4.74 Å². The Kier molecular flexibility index (Phi) is 8.21. The summed E-state index contributed by atoms with van der Waals surface area (Å²) in [4.78, 5) is 11.2. The van der Waals surface area contributed by atoms with Gasteiger partial charge in [-0.3, -0.25) is 4.99 Å². The number of aliphatic imine (C=N–C) groups is 1. The molecule has 6 nitrogen and oxygen atoms in total. The van der Waals surface area contributed by atoms with Gasteiger partial charge in [0.1, 0.15) is 0 Å². The Morgan fingerprint density at radius 3 is 2.78 bits per heavy atom. The molecule has 0 aromatic carbocycles. The molecule has 1 aromatic rings. The van der Waals surface area contributed by atoms with Crippen molar-refractivity contribution >= 4 is 5.96 Å². The summed E-state index contributed by atoms with van der Waals surface area (Å²) >= 11 is 0. The first-order valence-corrected chi connectivity index (χ1v) is 10.6. The van der Waals surface area contributed by atoms with Gasteiger partial charge in [0.25, 0.3) is 0 Å². The predicted molar refractivity (Wildman–Crippen MR) is 110 cm³/mol. The number of aromatic nitrogens is 1. The molecule has 2 N–H and O–H groups in total. The molecule has 0 spiro atoms. The number of ether oxygens (including phenoxy) is 1. The van der Waals surface area contributed by atoms with Crippen LogP contribution in [-0.2, 0) is 6.54 Å². The molecular weight excluding hydrogens is 338 g/mol. The molecule has 0 bridgehead atoms. The molecule has 1 aromatic heterocycles. The first-order valence-electron chi connectivity index (χ1n) is 10.6. The van der Waals surface area contributed by atoms with Crippen molar-refractivity contribution in [2.24, 2.45) is 10.9 Å². The molecular formula is C21H35N5O. The summed E-state index contributed by atoms with van der Waals surface area (Å²) in [5.41, 5.74) is 1.16. The lowest BCUT2D eigenvalue weighted by Crippen LogP contribution is -2.38. The number of nitrogens with one attached hydrogen (secondary N) is 2. The van der Waals surface area contributed by atoms with Crippen LogP contribution in [0.25, 0.3) is 0 Å². The monoisotopic (exact) mass is 373 g/mol. The van der Waals surface area contributed by atoms with Gasteiger partial charge in [-0.05, 0) is 69.3 Å². The van der Waals surface area contributed by atoms with E-state index in [0.29, 0.717) is 6.54 Å². The summed E-state index contributed by atoms with van der Waals surface area (Å²) in [7, 11) is 1.82. The van der Waals surface area contributed by atoms with Gasteiger partial charge in [0.2, 0.25) is 5.88 Å². The van der Waals surface area contributed by atoms with Gasteiger partial charge >= 0.3 is 0 Å². The average molecular weight is 374 g/mol. The summed E-state index contributed by atoms with van der Waals surface area (Å²) in [5.74, 6) is 2.32. The van der Waals surface area contributed by atoms with Crippen LogP contribution < -0.4 is 15.4 Å².